The van der Waals surface area contributed by atoms with Crippen LogP contribution >= 0.6 is 7.82 Å². The highest BCUT2D eigenvalue weighted by Crippen LogP contribution is 2.43. The number of hydrogen-bond donors (Lipinski definition) is 3. The molecule has 0 aromatic heterocycles. The van der Waals surface area contributed by atoms with E-state index in [-0.39, 0.29) is 12.8 Å². The van der Waals surface area contributed by atoms with Crippen molar-refractivity contribution in [2.45, 2.75) is 167 Å². The Balaban J connectivity index is 2.37. The predicted octanol–water partition coefficient (Wildman–Crippen LogP) is 11.0. The van der Waals surface area contributed by atoms with Crippen molar-refractivity contribution < 1.29 is 52.2 Å². The number of carbonyl (C=O) groups excluding carboxylic acids is 2. The molecule has 0 aliphatic carbocycles. The number of nitrogens with two attached hydrogens (primary N) is 1. The highest BCUT2D eigenvalue weighted by molar-refractivity contribution is 7.47. The van der Waals surface area contributed by atoms with Gasteiger partial charge in [-0.1, -0.05) is 143 Å². The molecule has 12 nitrogen and oxygen atoms in total. The van der Waals surface area contributed by atoms with Crippen LogP contribution in [0.3, 0.4) is 0 Å². The number of carbonyl (C=O) groups is 3. The molecule has 0 radical (unpaired) electrons. The first-order chi connectivity index (χ1) is 29.6. The van der Waals surface area contributed by atoms with Crippen LogP contribution in [-0.2, 0) is 42.2 Å². The van der Waals surface area contributed by atoms with Crippen molar-refractivity contribution >= 4 is 25.7 Å². The van der Waals surface area contributed by atoms with Crippen LogP contribution < -0.4 is 5.73 Å². The number of ether oxygens (including phenoxy) is 3. The van der Waals surface area contributed by atoms with Crippen LogP contribution in [0.4, 0.5) is 0 Å². The molecule has 4 N–H and O–H groups in total. The summed E-state index contributed by atoms with van der Waals surface area (Å²) in [4.78, 5) is 46.0. The van der Waals surface area contributed by atoms with Crippen LogP contribution in [0.2, 0.25) is 0 Å². The zero-order chi connectivity index (χ0) is 44.7. The van der Waals surface area contributed by atoms with Crippen molar-refractivity contribution in [3.8, 4) is 0 Å². The van der Waals surface area contributed by atoms with E-state index in [4.69, 9.17) is 29.6 Å². The first kappa shape index (κ1) is 55.4. The van der Waals surface area contributed by atoms with Gasteiger partial charge in [0.05, 0.1) is 25.4 Å². The van der Waals surface area contributed by atoms with E-state index in [1.54, 1.807) is 0 Å². The minimum absolute atomic E-state index is 0.0164. The summed E-state index contributed by atoms with van der Waals surface area (Å²) in [5.41, 5.74) is 5.33. The summed E-state index contributed by atoms with van der Waals surface area (Å²) < 4.78 is 38.2. The third-order valence-corrected chi connectivity index (χ3v) is 10.2. The molecule has 1 heterocycles. The molecule has 1 saturated heterocycles. The molecule has 0 spiro atoms. The zero-order valence-corrected chi connectivity index (χ0v) is 37.8. The fourth-order valence-corrected chi connectivity index (χ4v) is 6.40. The molecular formula is C48H76NO11P. The van der Waals surface area contributed by atoms with Crippen molar-refractivity contribution in [1.29, 1.82) is 0 Å². The van der Waals surface area contributed by atoms with Gasteiger partial charge in [-0.2, -0.15) is 0 Å². The highest BCUT2D eigenvalue weighted by Gasteiger charge is 2.36. The Kier molecular flexibility index (Phi) is 34.6. The van der Waals surface area contributed by atoms with Gasteiger partial charge in [0.1, 0.15) is 12.6 Å². The Morgan fingerprint density at radius 2 is 1.10 bits per heavy atom. The largest absolute Gasteiger partial charge is 0.480 e. The number of unbranched alkanes of at least 4 members (excludes halogenated alkanes) is 7. The molecule has 5 atom stereocenters. The monoisotopic (exact) mass is 874 g/mol. The zero-order valence-electron chi connectivity index (χ0n) is 36.9. The Labute approximate surface area is 366 Å². The van der Waals surface area contributed by atoms with Crippen LogP contribution in [0.15, 0.2) is 97.2 Å². The summed E-state index contributed by atoms with van der Waals surface area (Å²) in [5.74, 6) is -2.57. The molecular weight excluding hydrogens is 797 g/mol. The van der Waals surface area contributed by atoms with E-state index in [2.05, 4.69) is 85.2 Å². The van der Waals surface area contributed by atoms with E-state index in [1.165, 1.54) is 38.5 Å². The predicted molar refractivity (Wildman–Crippen MR) is 244 cm³/mol. The normalized spacial score (nSPS) is 17.9. The van der Waals surface area contributed by atoms with E-state index < -0.39 is 57.7 Å². The number of carboxylic acids is 1. The van der Waals surface area contributed by atoms with Gasteiger partial charge in [0.25, 0.3) is 0 Å². The third-order valence-electron chi connectivity index (χ3n) is 9.23. The van der Waals surface area contributed by atoms with Gasteiger partial charge in [-0.15, -0.1) is 0 Å². The van der Waals surface area contributed by atoms with Crippen molar-refractivity contribution in [2.75, 3.05) is 19.8 Å². The number of phosphoric ester groups is 1. The van der Waals surface area contributed by atoms with Gasteiger partial charge < -0.3 is 29.9 Å². The molecule has 0 aromatic rings. The van der Waals surface area contributed by atoms with Crippen molar-refractivity contribution in [1.82, 2.24) is 0 Å². The first-order valence-electron chi connectivity index (χ1n) is 22.4. The first-order valence-corrected chi connectivity index (χ1v) is 23.9. The summed E-state index contributed by atoms with van der Waals surface area (Å²) in [6, 6.07) is -1.55. The van der Waals surface area contributed by atoms with E-state index in [9.17, 15) is 23.8 Å². The number of rotatable bonds is 39. The van der Waals surface area contributed by atoms with Crippen LogP contribution in [-0.4, -0.2) is 72.1 Å². The molecule has 344 valence electrons. The molecule has 0 bridgehead atoms. The van der Waals surface area contributed by atoms with Gasteiger partial charge in [0, 0.05) is 12.8 Å². The summed E-state index contributed by atoms with van der Waals surface area (Å²) in [6.45, 7) is 2.53. The van der Waals surface area contributed by atoms with Gasteiger partial charge in [0.2, 0.25) is 0 Å². The molecule has 1 rings (SSSR count). The number of epoxide rings is 1. The second-order valence-corrected chi connectivity index (χ2v) is 16.3. The lowest BCUT2D eigenvalue weighted by atomic mass is 10.1. The van der Waals surface area contributed by atoms with Gasteiger partial charge in [-0.25, -0.2) is 4.57 Å². The Morgan fingerprint density at radius 1 is 0.607 bits per heavy atom. The molecule has 61 heavy (non-hydrogen) atoms. The highest BCUT2D eigenvalue weighted by atomic mass is 31.2. The number of allylic oxidation sites excluding steroid dienone is 14. The fourth-order valence-electron chi connectivity index (χ4n) is 5.62. The van der Waals surface area contributed by atoms with Crippen LogP contribution in [0, 0.1) is 0 Å². The molecule has 0 saturated carbocycles. The van der Waals surface area contributed by atoms with Gasteiger partial charge in [0.15, 0.2) is 6.10 Å². The number of aliphatic carboxylic acids is 1. The van der Waals surface area contributed by atoms with Crippen LogP contribution in [0.5, 0.6) is 0 Å². The van der Waals surface area contributed by atoms with Crippen LogP contribution in [0.25, 0.3) is 0 Å². The molecule has 13 heteroatoms. The second-order valence-electron chi connectivity index (χ2n) is 14.8. The summed E-state index contributed by atoms with van der Waals surface area (Å²) in [6.07, 6.45) is 51.1. The second kappa shape index (κ2) is 38.1. The topological polar surface area (TPSA) is 184 Å². The average molecular weight is 874 g/mol. The lowest BCUT2D eigenvalue weighted by Crippen LogP contribution is -2.34. The van der Waals surface area contributed by atoms with E-state index in [0.29, 0.717) is 37.9 Å². The molecule has 0 amide bonds. The number of carboxylic acid groups (broad SMARTS) is 1. The Hall–Kier alpha value is -3.64. The Bertz CT molecular complexity index is 1460. The lowest BCUT2D eigenvalue weighted by Gasteiger charge is -2.20. The summed E-state index contributed by atoms with van der Waals surface area (Å²) in [7, 11) is -4.76. The van der Waals surface area contributed by atoms with E-state index in [0.717, 1.165) is 51.4 Å². The van der Waals surface area contributed by atoms with Gasteiger partial charge in [-0.05, 0) is 83.5 Å². The summed E-state index contributed by atoms with van der Waals surface area (Å²) >= 11 is 0. The number of esters is 2. The number of phosphoric acid groups is 1. The standard InChI is InChI=1S/C48H76NO11P/c1-3-5-7-8-9-10-11-12-13-14-15-16-20-23-26-29-33-37-46(50)56-39-42(40-57-61(54,55)58-41-43(49)48(52)53)59-47(51)38-34-30-27-24-21-18-17-19-22-25-28-32-36-45-44(60-45)35-31-6-4-2/h6,12-13,15-16,18-19,21-23,26-28,30-32,42-45H,3-5,7-11,14,17,20,24-25,29,33-41,49H2,1-2H3,(H,52,53)(H,54,55)/b13-12-,16-15-,21-18-,22-19-,26-23-,30-27-,31-6-,32-28-/t42-,43+,44?,45?/m1/s1. The maximum Gasteiger partial charge on any atom is 0.472 e. The SMILES string of the molecule is CC/C=C\CC1OC1C/C=C\C/C=C\C/C=C\C/C=C\CCC(=O)O[C@H](COC(=O)CCC/C=C\C/C=C\C/C=C\CCCCCCCC)COP(=O)(O)OC[C@H](N)C(=O)O. The van der Waals surface area contributed by atoms with Crippen molar-refractivity contribution in [3.63, 3.8) is 0 Å². The summed E-state index contributed by atoms with van der Waals surface area (Å²) in [5, 5.41) is 8.89. The lowest BCUT2D eigenvalue weighted by molar-refractivity contribution is -0.161. The fraction of sp³-hybridized carbons (Fsp3) is 0.604. The molecule has 1 aliphatic rings. The smallest absolute Gasteiger partial charge is 0.472 e. The van der Waals surface area contributed by atoms with E-state index >= 15 is 0 Å². The van der Waals surface area contributed by atoms with Gasteiger partial charge >= 0.3 is 25.7 Å². The van der Waals surface area contributed by atoms with Crippen molar-refractivity contribution in [3.05, 3.63) is 97.2 Å². The maximum atomic E-state index is 12.6. The average Bonchev–Trinajstić information content (AvgIpc) is 3.99. The third kappa shape index (κ3) is 35.6. The van der Waals surface area contributed by atoms with E-state index in [1.807, 2.05) is 30.4 Å². The minimum atomic E-state index is -4.76. The number of hydrogen-bond acceptors (Lipinski definition) is 10. The Morgan fingerprint density at radius 3 is 1.67 bits per heavy atom. The maximum absolute atomic E-state index is 12.6. The van der Waals surface area contributed by atoms with Crippen molar-refractivity contribution in [2.24, 2.45) is 5.73 Å². The molecule has 3 unspecified atom stereocenters. The van der Waals surface area contributed by atoms with Gasteiger partial charge in [-0.3, -0.25) is 23.4 Å². The molecule has 1 aliphatic heterocycles. The molecule has 0 aromatic carbocycles. The minimum Gasteiger partial charge on any atom is -0.480 e. The van der Waals surface area contributed by atoms with Crippen LogP contribution in [0.1, 0.15) is 142 Å². The quantitative estimate of drug-likeness (QED) is 0.0175. The molecule has 1 fully saturated rings.